The number of nitrogens with zero attached hydrogens (tertiary/aromatic N) is 1. The molecule has 9 heteroatoms. The molecule has 556 valence electrons. The van der Waals surface area contributed by atoms with Crippen LogP contribution in [0.15, 0.2) is 97.2 Å². The van der Waals surface area contributed by atoms with Gasteiger partial charge in [0.1, 0.15) is 13.2 Å². The molecule has 2 atom stereocenters. The number of hydrogen-bond donors (Lipinski definition) is 1. The molecule has 0 aromatic carbocycles. The number of carbonyl (C=O) groups excluding carboxylic acids is 2. The fourth-order valence-corrected chi connectivity index (χ4v) is 11.9. The Labute approximate surface area is 594 Å². The van der Waals surface area contributed by atoms with Crippen molar-refractivity contribution in [2.24, 2.45) is 0 Å². The molecule has 0 aromatic heterocycles. The number of hydrogen-bond acceptors (Lipinski definition) is 7. The summed E-state index contributed by atoms with van der Waals surface area (Å²) in [5, 5.41) is 9.78. The molecule has 2 unspecified atom stereocenters. The number of carbonyl (C=O) groups is 3. The van der Waals surface area contributed by atoms with Crippen molar-refractivity contribution in [2.75, 3.05) is 47.5 Å². The van der Waals surface area contributed by atoms with Crippen molar-refractivity contribution >= 4 is 17.9 Å². The predicted octanol–water partition coefficient (Wildman–Crippen LogP) is 26.3. The van der Waals surface area contributed by atoms with Gasteiger partial charge in [-0.1, -0.05) is 387 Å². The van der Waals surface area contributed by atoms with Crippen molar-refractivity contribution in [1.82, 2.24) is 0 Å². The van der Waals surface area contributed by atoms with Gasteiger partial charge in [-0.05, 0) is 77.0 Å². The quantitative estimate of drug-likeness (QED) is 0.0211. The Bertz CT molecular complexity index is 1900. The van der Waals surface area contributed by atoms with E-state index in [2.05, 4.69) is 111 Å². The minimum atomic E-state index is -1.51. The summed E-state index contributed by atoms with van der Waals surface area (Å²) in [6.07, 6.45) is 104. The highest BCUT2D eigenvalue weighted by Gasteiger charge is 2.25. The van der Waals surface area contributed by atoms with Crippen molar-refractivity contribution in [3.63, 3.8) is 0 Å². The fourth-order valence-electron chi connectivity index (χ4n) is 11.9. The Morgan fingerprint density at radius 3 is 0.885 bits per heavy atom. The number of likely N-dealkylation sites (N-methyl/N-ethyl adjacent to an activating group) is 1. The summed E-state index contributed by atoms with van der Waals surface area (Å²) < 4.78 is 23.1. The number of quaternary nitrogens is 1. The van der Waals surface area contributed by atoms with Gasteiger partial charge in [-0.25, -0.2) is 4.79 Å². The zero-order valence-electron chi connectivity index (χ0n) is 63.8. The first-order valence-electron chi connectivity index (χ1n) is 40.9. The van der Waals surface area contributed by atoms with E-state index in [1.807, 2.05) is 21.1 Å². The fraction of sp³-hybridized carbons (Fsp3) is 0.782. The summed E-state index contributed by atoms with van der Waals surface area (Å²) in [5.74, 6) is -1.98. The largest absolute Gasteiger partial charge is 0.477 e. The van der Waals surface area contributed by atoms with Crippen molar-refractivity contribution in [2.45, 2.75) is 392 Å². The highest BCUT2D eigenvalue weighted by molar-refractivity contribution is 5.71. The smallest absolute Gasteiger partial charge is 0.361 e. The van der Waals surface area contributed by atoms with E-state index in [9.17, 15) is 19.5 Å². The average Bonchev–Trinajstić information content (AvgIpc) is 2.40. The summed E-state index contributed by atoms with van der Waals surface area (Å²) in [4.78, 5) is 37.8. The van der Waals surface area contributed by atoms with E-state index in [0.29, 0.717) is 17.4 Å². The number of allylic oxidation sites excluding steroid dienone is 16. The van der Waals surface area contributed by atoms with E-state index < -0.39 is 24.3 Å². The van der Waals surface area contributed by atoms with Crippen LogP contribution in [0.3, 0.4) is 0 Å². The Morgan fingerprint density at radius 2 is 0.594 bits per heavy atom. The third-order valence-electron chi connectivity index (χ3n) is 18.1. The van der Waals surface area contributed by atoms with Gasteiger partial charge in [-0.15, -0.1) is 0 Å². The van der Waals surface area contributed by atoms with Crippen LogP contribution in [-0.4, -0.2) is 87.4 Å². The Hall–Kier alpha value is -3.79. The van der Waals surface area contributed by atoms with Crippen LogP contribution < -0.4 is 0 Å². The second-order valence-corrected chi connectivity index (χ2v) is 28.7. The first kappa shape index (κ1) is 92.2. The molecular weight excluding hydrogens is 1190 g/mol. The maximum Gasteiger partial charge on any atom is 0.361 e. The molecule has 0 aromatic rings. The number of carboxylic acids is 1. The Balaban J connectivity index is 4.02. The molecule has 0 saturated heterocycles. The third-order valence-corrected chi connectivity index (χ3v) is 18.1. The molecular formula is C87H156NO8+. The van der Waals surface area contributed by atoms with Crippen LogP contribution in [0, 0.1) is 0 Å². The van der Waals surface area contributed by atoms with Gasteiger partial charge < -0.3 is 28.5 Å². The Kier molecular flexibility index (Phi) is 73.9. The molecule has 0 aliphatic carbocycles. The van der Waals surface area contributed by atoms with E-state index >= 15 is 0 Å². The molecule has 0 bridgehead atoms. The highest BCUT2D eigenvalue weighted by atomic mass is 16.7. The molecule has 0 saturated carbocycles. The van der Waals surface area contributed by atoms with Gasteiger partial charge >= 0.3 is 17.9 Å². The summed E-state index contributed by atoms with van der Waals surface area (Å²) in [6, 6.07) is 0. The van der Waals surface area contributed by atoms with Crippen LogP contribution in [0.5, 0.6) is 0 Å². The van der Waals surface area contributed by atoms with Crippen LogP contribution >= 0.6 is 0 Å². The highest BCUT2D eigenvalue weighted by Crippen LogP contribution is 2.19. The lowest BCUT2D eigenvalue weighted by molar-refractivity contribution is -0.870. The van der Waals surface area contributed by atoms with E-state index in [1.54, 1.807) is 0 Å². The number of carboxylic acid groups (broad SMARTS) is 1. The molecule has 0 heterocycles. The van der Waals surface area contributed by atoms with E-state index in [0.717, 1.165) is 89.9 Å². The summed E-state index contributed by atoms with van der Waals surface area (Å²) >= 11 is 0. The van der Waals surface area contributed by atoms with Crippen LogP contribution in [0.1, 0.15) is 380 Å². The summed E-state index contributed by atoms with van der Waals surface area (Å²) in [7, 11) is 5.99. The van der Waals surface area contributed by atoms with Crippen LogP contribution in [0.2, 0.25) is 0 Å². The van der Waals surface area contributed by atoms with E-state index in [-0.39, 0.29) is 32.2 Å². The molecule has 0 aliphatic rings. The van der Waals surface area contributed by atoms with Gasteiger partial charge in [0.05, 0.1) is 34.4 Å². The van der Waals surface area contributed by atoms with Crippen molar-refractivity contribution < 1.29 is 42.9 Å². The summed E-state index contributed by atoms with van der Waals surface area (Å²) in [6.45, 7) is 4.82. The molecule has 0 rings (SSSR count). The van der Waals surface area contributed by atoms with Crippen LogP contribution in [-0.2, 0) is 33.3 Å². The maximum absolute atomic E-state index is 13.0. The van der Waals surface area contributed by atoms with Gasteiger partial charge in [-0.2, -0.15) is 0 Å². The summed E-state index contributed by atoms with van der Waals surface area (Å²) in [5.41, 5.74) is 0. The number of esters is 2. The molecule has 0 radical (unpaired) electrons. The van der Waals surface area contributed by atoms with E-state index in [4.69, 9.17) is 18.9 Å². The molecule has 96 heavy (non-hydrogen) atoms. The lowest BCUT2D eigenvalue weighted by atomic mass is 10.0. The topological polar surface area (TPSA) is 108 Å². The monoisotopic (exact) mass is 1340 g/mol. The normalized spacial score (nSPS) is 13.1. The molecule has 0 fully saturated rings. The molecule has 0 aliphatic heterocycles. The SMILES string of the molecule is CC/C=C\C/C=C\C/C=C\C/C=C\C/C=C\C/C=C\C/C=C\C/C=C\CCCCCCCCCCCCCCCCC(=O)OC(COC(=O)CCCCCCCCCCCCCCCCCCCCCCCCCCCCCCCCCC)COC(OCC[N+](C)(C)C)C(=O)O. The zero-order valence-corrected chi connectivity index (χ0v) is 63.8. The van der Waals surface area contributed by atoms with Crippen molar-refractivity contribution in [3.05, 3.63) is 97.2 Å². The van der Waals surface area contributed by atoms with Crippen molar-refractivity contribution in [3.8, 4) is 0 Å². The minimum Gasteiger partial charge on any atom is -0.477 e. The van der Waals surface area contributed by atoms with Crippen LogP contribution in [0.25, 0.3) is 0 Å². The third kappa shape index (κ3) is 77.6. The second-order valence-electron chi connectivity index (χ2n) is 28.7. The van der Waals surface area contributed by atoms with Gasteiger partial charge in [0.15, 0.2) is 6.10 Å². The van der Waals surface area contributed by atoms with Gasteiger partial charge in [0.2, 0.25) is 0 Å². The van der Waals surface area contributed by atoms with Gasteiger partial charge in [0.25, 0.3) is 6.29 Å². The van der Waals surface area contributed by atoms with Crippen LogP contribution in [0.4, 0.5) is 0 Å². The average molecular weight is 1340 g/mol. The van der Waals surface area contributed by atoms with Gasteiger partial charge in [-0.3, -0.25) is 9.59 Å². The molecule has 9 nitrogen and oxygen atoms in total. The second kappa shape index (κ2) is 77.0. The van der Waals surface area contributed by atoms with Gasteiger partial charge in [0, 0.05) is 12.8 Å². The standard InChI is InChI=1S/C87H155NO8/c1-6-8-10-12-14-16-18-20-22-24-26-28-30-32-34-36-38-40-41-42-43-44-45-46-48-50-52-54-56-58-60-62-64-66-68-70-72-74-76-78-85(90)96-83(82-95-87(86(91)92)93-80-79-88(3,4)5)81-94-84(89)77-75-73-71-69-67-65-63-61-59-57-55-53-51-49-47-39-37-35-33-31-29-27-25-23-21-19-17-15-13-11-9-7-2/h8,10,14,16,20,22,26,28,32,34,38,40,42-43,45-46,83,87H,6-7,9,11-13,15,17-19,21,23-25,27,29-31,33,35-37,39,41,44,47-82H2,1-5H3/p+1/b10-8-,16-14-,22-20-,28-26-,34-32-,40-38-,43-42-,46-45-. The zero-order chi connectivity index (χ0) is 69.7. The number of rotatable bonds is 76. The Morgan fingerprint density at radius 1 is 0.323 bits per heavy atom. The maximum atomic E-state index is 13.0. The molecule has 0 spiro atoms. The number of unbranched alkanes of at least 4 members (excludes halogenated alkanes) is 45. The molecule has 0 amide bonds. The first-order valence-corrected chi connectivity index (χ1v) is 40.9. The first-order chi connectivity index (χ1) is 47.1. The lowest BCUT2D eigenvalue weighted by Gasteiger charge is -2.25. The number of ether oxygens (including phenoxy) is 4. The van der Waals surface area contributed by atoms with E-state index in [1.165, 1.54) is 263 Å². The number of aliphatic carboxylic acids is 1. The van der Waals surface area contributed by atoms with Crippen molar-refractivity contribution in [1.29, 1.82) is 0 Å². The molecule has 1 N–H and O–H groups in total. The minimum absolute atomic E-state index is 0.181. The lowest BCUT2D eigenvalue weighted by Crippen LogP contribution is -2.40. The predicted molar refractivity (Wildman–Crippen MR) is 415 cm³/mol.